The maximum Gasteiger partial charge on any atom is 0.338 e. The molecule has 31 heavy (non-hydrogen) atoms. The molecule has 1 saturated heterocycles. The number of carbonyl (C=O) groups is 2. The first-order valence-electron chi connectivity index (χ1n) is 11.3. The van der Waals surface area contributed by atoms with Crippen molar-refractivity contribution in [3.63, 3.8) is 0 Å². The highest BCUT2D eigenvalue weighted by Gasteiger charge is 2.28. The van der Waals surface area contributed by atoms with Gasteiger partial charge in [0, 0.05) is 25.8 Å². The lowest BCUT2D eigenvalue weighted by Crippen LogP contribution is -2.34. The molecule has 0 bridgehead atoms. The molecule has 1 aromatic rings. The highest BCUT2D eigenvalue weighted by Crippen LogP contribution is 2.21. The van der Waals surface area contributed by atoms with Crippen molar-refractivity contribution < 1.29 is 19.4 Å². The third kappa shape index (κ3) is 7.88. The number of nitrogens with zero attached hydrogens (tertiary/aromatic N) is 1. The van der Waals surface area contributed by atoms with E-state index in [4.69, 9.17) is 4.74 Å². The monoisotopic (exact) mass is 425 g/mol. The van der Waals surface area contributed by atoms with Gasteiger partial charge in [0.15, 0.2) is 0 Å². The van der Waals surface area contributed by atoms with E-state index in [0.29, 0.717) is 38.0 Å². The quantitative estimate of drug-likeness (QED) is 0.348. The lowest BCUT2D eigenvalue weighted by atomic mass is 9.99. The first-order valence-corrected chi connectivity index (χ1v) is 11.3. The fourth-order valence-electron chi connectivity index (χ4n) is 3.52. The molecule has 3 unspecified atom stereocenters. The molecule has 5 nitrogen and oxygen atoms in total. The van der Waals surface area contributed by atoms with Crippen molar-refractivity contribution >= 4 is 11.9 Å². The fourth-order valence-corrected chi connectivity index (χ4v) is 3.52. The van der Waals surface area contributed by atoms with Gasteiger partial charge in [-0.1, -0.05) is 38.1 Å². The maximum atomic E-state index is 12.4. The number of amides is 1. The summed E-state index contributed by atoms with van der Waals surface area (Å²) in [5.41, 5.74) is 1.60. The Kier molecular flexibility index (Phi) is 10.3. The zero-order valence-electron chi connectivity index (χ0n) is 19.0. The van der Waals surface area contributed by atoms with Crippen LogP contribution < -0.4 is 0 Å². The van der Waals surface area contributed by atoms with Crippen LogP contribution in [0, 0.1) is 17.8 Å². The number of carbonyl (C=O) groups excluding carboxylic acids is 2. The molecule has 3 atom stereocenters. The summed E-state index contributed by atoms with van der Waals surface area (Å²) in [5.74, 6) is 6.13. The van der Waals surface area contributed by atoms with Crippen molar-refractivity contribution in [3.8, 4) is 11.8 Å². The lowest BCUT2D eigenvalue weighted by Gasteiger charge is -2.23. The van der Waals surface area contributed by atoms with Crippen molar-refractivity contribution in [1.29, 1.82) is 0 Å². The van der Waals surface area contributed by atoms with Gasteiger partial charge in [-0.25, -0.2) is 4.79 Å². The van der Waals surface area contributed by atoms with E-state index in [1.54, 1.807) is 19.1 Å². The van der Waals surface area contributed by atoms with Crippen LogP contribution in [0.3, 0.4) is 0 Å². The largest absolute Gasteiger partial charge is 0.462 e. The third-order valence-electron chi connectivity index (χ3n) is 5.52. The number of ether oxygens (including phenoxy) is 1. The third-order valence-corrected chi connectivity index (χ3v) is 5.52. The van der Waals surface area contributed by atoms with Crippen molar-refractivity contribution in [2.75, 3.05) is 13.2 Å². The SMILES string of the molecule is CCCC#CCC(C)C(O)C=CC1CCC(=O)N1CCc1ccc(C(=O)OCC)cc1. The fraction of sp³-hybridized carbons (Fsp3) is 0.538. The van der Waals surface area contributed by atoms with Crippen LogP contribution in [0.15, 0.2) is 36.4 Å². The van der Waals surface area contributed by atoms with Crippen molar-refractivity contribution in [2.45, 2.75) is 71.4 Å². The smallest absolute Gasteiger partial charge is 0.338 e. The number of aliphatic hydroxyl groups is 1. The standard InChI is InChI=1S/C26H35NO4/c1-4-6-7-8-9-20(3)24(28)16-14-23-15-17-25(29)27(23)19-18-21-10-12-22(13-11-21)26(30)31-5-2/h10-14,16,20,23-24,28H,4-6,9,15,17-19H2,1-3H3. The Morgan fingerprint density at radius 2 is 2.03 bits per heavy atom. The van der Waals surface area contributed by atoms with Gasteiger partial charge in [0.1, 0.15) is 0 Å². The molecule has 0 aromatic heterocycles. The predicted molar refractivity (Wildman–Crippen MR) is 122 cm³/mol. The molecule has 1 aromatic carbocycles. The second kappa shape index (κ2) is 13.0. The Labute approximate surface area is 186 Å². The second-order valence-corrected chi connectivity index (χ2v) is 8.02. The van der Waals surface area contributed by atoms with Gasteiger partial charge in [-0.2, -0.15) is 0 Å². The minimum absolute atomic E-state index is 0.0133. The summed E-state index contributed by atoms with van der Waals surface area (Å²) in [4.78, 5) is 26.0. The van der Waals surface area contributed by atoms with Crippen LogP contribution in [0.25, 0.3) is 0 Å². The summed E-state index contributed by atoms with van der Waals surface area (Å²) < 4.78 is 5.01. The van der Waals surface area contributed by atoms with Gasteiger partial charge in [0.2, 0.25) is 5.91 Å². The Balaban J connectivity index is 1.89. The molecule has 0 saturated carbocycles. The summed E-state index contributed by atoms with van der Waals surface area (Å²) in [6.07, 6.45) is 7.84. The number of aliphatic hydroxyl groups excluding tert-OH is 1. The molecule has 1 amide bonds. The van der Waals surface area contributed by atoms with Crippen LogP contribution in [0.4, 0.5) is 0 Å². The van der Waals surface area contributed by atoms with E-state index in [1.807, 2.05) is 36.1 Å². The molecule has 1 aliphatic heterocycles. The number of esters is 1. The van der Waals surface area contributed by atoms with Gasteiger partial charge in [-0.15, -0.1) is 11.8 Å². The minimum Gasteiger partial charge on any atom is -0.462 e. The molecule has 1 heterocycles. The predicted octanol–water partition coefficient (Wildman–Crippen LogP) is 4.14. The highest BCUT2D eigenvalue weighted by molar-refractivity contribution is 5.89. The average Bonchev–Trinajstić information content (AvgIpc) is 3.13. The van der Waals surface area contributed by atoms with Crippen LogP contribution in [0.1, 0.15) is 68.8 Å². The van der Waals surface area contributed by atoms with E-state index in [-0.39, 0.29) is 23.8 Å². The normalized spacial score (nSPS) is 18.0. The molecule has 5 heteroatoms. The van der Waals surface area contributed by atoms with Crippen molar-refractivity contribution in [2.24, 2.45) is 5.92 Å². The molecule has 1 N–H and O–H groups in total. The van der Waals surface area contributed by atoms with E-state index in [1.165, 1.54) is 0 Å². The Bertz CT molecular complexity index is 803. The van der Waals surface area contributed by atoms with Gasteiger partial charge < -0.3 is 14.7 Å². The summed E-state index contributed by atoms with van der Waals surface area (Å²) in [6.45, 7) is 6.84. The Morgan fingerprint density at radius 1 is 1.29 bits per heavy atom. The van der Waals surface area contributed by atoms with Crippen LogP contribution in [0.5, 0.6) is 0 Å². The zero-order valence-corrected chi connectivity index (χ0v) is 19.0. The number of likely N-dealkylation sites (tertiary alicyclic amines) is 1. The zero-order chi connectivity index (χ0) is 22.6. The van der Waals surface area contributed by atoms with E-state index >= 15 is 0 Å². The first-order chi connectivity index (χ1) is 15.0. The number of unbranched alkanes of at least 4 members (excludes halogenated alkanes) is 1. The first kappa shape index (κ1) is 24.7. The van der Waals surface area contributed by atoms with Gasteiger partial charge in [0.05, 0.1) is 24.3 Å². The van der Waals surface area contributed by atoms with Crippen molar-refractivity contribution in [1.82, 2.24) is 4.90 Å². The van der Waals surface area contributed by atoms with Crippen LogP contribution >= 0.6 is 0 Å². The highest BCUT2D eigenvalue weighted by atomic mass is 16.5. The number of benzene rings is 1. The molecule has 168 valence electrons. The molecule has 1 fully saturated rings. The molecule has 0 radical (unpaired) electrons. The number of hydrogen-bond acceptors (Lipinski definition) is 4. The minimum atomic E-state index is -0.566. The lowest BCUT2D eigenvalue weighted by molar-refractivity contribution is -0.128. The summed E-state index contributed by atoms with van der Waals surface area (Å²) in [5, 5.41) is 10.4. The molecule has 0 spiro atoms. The van der Waals surface area contributed by atoms with Crippen LogP contribution in [0.2, 0.25) is 0 Å². The molecule has 2 rings (SSSR count). The van der Waals surface area contributed by atoms with E-state index in [9.17, 15) is 14.7 Å². The van der Waals surface area contributed by atoms with E-state index < -0.39 is 6.10 Å². The number of hydrogen-bond donors (Lipinski definition) is 1. The number of rotatable bonds is 10. The van der Waals surface area contributed by atoms with E-state index in [2.05, 4.69) is 18.8 Å². The van der Waals surface area contributed by atoms with Gasteiger partial charge in [-0.05, 0) is 49.8 Å². The molecular weight excluding hydrogens is 390 g/mol. The van der Waals surface area contributed by atoms with E-state index in [0.717, 1.165) is 24.8 Å². The van der Waals surface area contributed by atoms with Crippen molar-refractivity contribution in [3.05, 3.63) is 47.5 Å². The topological polar surface area (TPSA) is 66.8 Å². The molecular formula is C26H35NO4. The Morgan fingerprint density at radius 3 is 2.71 bits per heavy atom. The summed E-state index contributed by atoms with van der Waals surface area (Å²) >= 11 is 0. The van der Waals surface area contributed by atoms with Gasteiger partial charge >= 0.3 is 5.97 Å². The second-order valence-electron chi connectivity index (χ2n) is 8.02. The summed E-state index contributed by atoms with van der Waals surface area (Å²) in [6, 6.07) is 7.35. The molecule has 1 aliphatic rings. The van der Waals surface area contributed by atoms with Gasteiger partial charge in [0.25, 0.3) is 0 Å². The van der Waals surface area contributed by atoms with Crippen LogP contribution in [-0.4, -0.2) is 47.2 Å². The van der Waals surface area contributed by atoms with Gasteiger partial charge in [-0.3, -0.25) is 4.79 Å². The Hall–Kier alpha value is -2.58. The maximum absolute atomic E-state index is 12.4. The molecule has 0 aliphatic carbocycles. The van der Waals surface area contributed by atoms with Crippen LogP contribution in [-0.2, 0) is 16.0 Å². The average molecular weight is 426 g/mol. The summed E-state index contributed by atoms with van der Waals surface area (Å²) in [7, 11) is 0.